The highest BCUT2D eigenvalue weighted by molar-refractivity contribution is 5.98. The second-order valence-electron chi connectivity index (χ2n) is 7.59. The Bertz CT molecular complexity index is 1170. The number of rotatable bonds is 3. The van der Waals surface area contributed by atoms with E-state index >= 15 is 0 Å². The summed E-state index contributed by atoms with van der Waals surface area (Å²) < 4.78 is 79.7. The van der Waals surface area contributed by atoms with Crippen LogP contribution in [0.3, 0.4) is 0 Å². The van der Waals surface area contributed by atoms with Gasteiger partial charge in [-0.2, -0.15) is 26.3 Å². The average Bonchev–Trinajstić information content (AvgIpc) is 2.93. The van der Waals surface area contributed by atoms with Gasteiger partial charge in [-0.15, -0.1) is 0 Å². The van der Waals surface area contributed by atoms with Gasteiger partial charge in [-0.25, -0.2) is 0 Å². The van der Waals surface area contributed by atoms with Crippen molar-refractivity contribution in [2.75, 3.05) is 18.0 Å². The van der Waals surface area contributed by atoms with Crippen LogP contribution in [-0.2, 0) is 17.1 Å². The molecule has 4 rings (SSSR count). The Morgan fingerprint density at radius 3 is 2.23 bits per heavy atom. The van der Waals surface area contributed by atoms with Crippen LogP contribution in [0.4, 0.5) is 32.0 Å². The highest BCUT2D eigenvalue weighted by Crippen LogP contribution is 2.41. The van der Waals surface area contributed by atoms with Crippen molar-refractivity contribution in [3.63, 3.8) is 0 Å². The van der Waals surface area contributed by atoms with Crippen LogP contribution in [0.15, 0.2) is 36.4 Å². The number of fused-ring (bicyclic) bond motifs is 1. The monoisotopic (exact) mass is 442 g/mol. The molecular formula is C21H16F6N2O2. The third-order valence-electron chi connectivity index (χ3n) is 5.44. The van der Waals surface area contributed by atoms with Gasteiger partial charge in [0.05, 0.1) is 17.0 Å². The van der Waals surface area contributed by atoms with E-state index in [4.69, 9.17) is 5.11 Å². The number of aromatic nitrogens is 1. The van der Waals surface area contributed by atoms with Crippen molar-refractivity contribution in [1.82, 2.24) is 4.98 Å². The van der Waals surface area contributed by atoms with E-state index in [1.165, 1.54) is 17.0 Å². The first kappa shape index (κ1) is 21.1. The summed E-state index contributed by atoms with van der Waals surface area (Å²) >= 11 is 0. The summed E-state index contributed by atoms with van der Waals surface area (Å²) in [5, 5.41) is 9.39. The molecule has 164 valence electrons. The minimum atomic E-state index is -4.65. The average molecular weight is 442 g/mol. The van der Waals surface area contributed by atoms with Gasteiger partial charge in [0, 0.05) is 40.9 Å². The van der Waals surface area contributed by atoms with Crippen molar-refractivity contribution in [2.45, 2.75) is 19.3 Å². The summed E-state index contributed by atoms with van der Waals surface area (Å²) in [4.78, 5) is 15.4. The molecule has 1 aromatic heterocycles. The summed E-state index contributed by atoms with van der Waals surface area (Å²) in [7, 11) is 0. The molecule has 1 aliphatic rings. The normalized spacial score (nSPS) is 15.4. The number of hydrogen-bond acceptors (Lipinski definition) is 2. The van der Waals surface area contributed by atoms with Crippen LogP contribution in [0.2, 0.25) is 0 Å². The molecule has 2 heterocycles. The number of aryl methyl sites for hydroxylation is 1. The highest BCUT2D eigenvalue weighted by Gasteiger charge is 2.36. The molecule has 0 unspecified atom stereocenters. The predicted octanol–water partition coefficient (Wildman–Crippen LogP) is 5.70. The Labute approximate surface area is 172 Å². The van der Waals surface area contributed by atoms with Gasteiger partial charge in [-0.05, 0) is 42.8 Å². The SMILES string of the molecule is Cc1[nH]c2cc(C(F)(F)F)ccc2c1-c1cc(N2CC(C(=O)O)C2)cc(C(F)(F)F)c1. The molecular weight excluding hydrogens is 426 g/mol. The van der Waals surface area contributed by atoms with Gasteiger partial charge < -0.3 is 15.0 Å². The zero-order valence-corrected chi connectivity index (χ0v) is 16.0. The maximum absolute atomic E-state index is 13.5. The van der Waals surface area contributed by atoms with Crippen molar-refractivity contribution in [1.29, 1.82) is 0 Å². The number of aromatic amines is 1. The number of carboxylic acids is 1. The number of H-pyrrole nitrogens is 1. The summed E-state index contributed by atoms with van der Waals surface area (Å²) in [5.74, 6) is -1.68. The quantitative estimate of drug-likeness (QED) is 0.512. The zero-order chi connectivity index (χ0) is 22.7. The Balaban J connectivity index is 1.84. The summed E-state index contributed by atoms with van der Waals surface area (Å²) in [6.45, 7) is 1.74. The minimum absolute atomic E-state index is 0.0812. The van der Waals surface area contributed by atoms with E-state index in [0.717, 1.165) is 24.3 Å². The molecule has 4 nitrogen and oxygen atoms in total. The predicted molar refractivity (Wildman–Crippen MR) is 102 cm³/mol. The van der Waals surface area contributed by atoms with Gasteiger partial charge in [-0.3, -0.25) is 4.79 Å². The van der Waals surface area contributed by atoms with Crippen LogP contribution < -0.4 is 4.90 Å². The van der Waals surface area contributed by atoms with E-state index in [-0.39, 0.29) is 29.9 Å². The van der Waals surface area contributed by atoms with Crippen LogP contribution in [0, 0.1) is 12.8 Å². The van der Waals surface area contributed by atoms with E-state index < -0.39 is 35.4 Å². The van der Waals surface area contributed by atoms with E-state index in [9.17, 15) is 31.1 Å². The number of benzene rings is 2. The van der Waals surface area contributed by atoms with Crippen LogP contribution in [0.25, 0.3) is 22.0 Å². The fourth-order valence-corrected chi connectivity index (χ4v) is 3.83. The maximum atomic E-state index is 13.5. The molecule has 0 bridgehead atoms. The van der Waals surface area contributed by atoms with Crippen LogP contribution in [-0.4, -0.2) is 29.1 Å². The Kier molecular flexibility index (Phi) is 4.71. The molecule has 0 saturated carbocycles. The van der Waals surface area contributed by atoms with E-state index in [1.54, 1.807) is 6.92 Å². The molecule has 10 heteroatoms. The maximum Gasteiger partial charge on any atom is 0.416 e. The van der Waals surface area contributed by atoms with Crippen LogP contribution >= 0.6 is 0 Å². The fourth-order valence-electron chi connectivity index (χ4n) is 3.83. The number of aliphatic carboxylic acids is 1. The molecule has 2 aromatic carbocycles. The Hall–Kier alpha value is -3.17. The molecule has 1 saturated heterocycles. The number of anilines is 1. The second-order valence-corrected chi connectivity index (χ2v) is 7.59. The third kappa shape index (κ3) is 3.82. The first-order valence-corrected chi connectivity index (χ1v) is 9.24. The lowest BCUT2D eigenvalue weighted by atomic mass is 9.95. The van der Waals surface area contributed by atoms with Gasteiger partial charge in [0.15, 0.2) is 0 Å². The largest absolute Gasteiger partial charge is 0.481 e. The summed E-state index contributed by atoms with van der Waals surface area (Å²) in [6, 6.07) is 6.45. The van der Waals surface area contributed by atoms with Gasteiger partial charge in [-0.1, -0.05) is 6.07 Å². The molecule has 0 amide bonds. The minimum Gasteiger partial charge on any atom is -0.481 e. The molecule has 31 heavy (non-hydrogen) atoms. The Morgan fingerprint density at radius 1 is 1.00 bits per heavy atom. The first-order chi connectivity index (χ1) is 14.3. The topological polar surface area (TPSA) is 56.3 Å². The number of halogens is 6. The molecule has 0 atom stereocenters. The summed E-state index contributed by atoms with van der Waals surface area (Å²) in [5.41, 5.74) is -0.429. The molecule has 0 radical (unpaired) electrons. The standard InChI is InChI=1S/C21H16F6N2O2/c1-10-18(16-3-2-13(20(22,23)24)7-17(16)28-10)11-4-14(21(25,26)27)6-15(5-11)29-8-12(9-29)19(30)31/h2-7,12,28H,8-9H2,1H3,(H,30,31). The number of carboxylic acid groups (broad SMARTS) is 1. The summed E-state index contributed by atoms with van der Waals surface area (Å²) in [6.07, 6.45) is -9.19. The number of alkyl halides is 6. The van der Waals surface area contributed by atoms with Gasteiger partial charge in [0.1, 0.15) is 0 Å². The first-order valence-electron chi connectivity index (χ1n) is 9.24. The van der Waals surface area contributed by atoms with Gasteiger partial charge >= 0.3 is 18.3 Å². The lowest BCUT2D eigenvalue weighted by Gasteiger charge is -2.39. The van der Waals surface area contributed by atoms with Gasteiger partial charge in [0.25, 0.3) is 0 Å². The second kappa shape index (κ2) is 6.93. The number of nitrogens with one attached hydrogen (secondary N) is 1. The number of nitrogens with zero attached hydrogens (tertiary/aromatic N) is 1. The lowest BCUT2D eigenvalue weighted by molar-refractivity contribution is -0.142. The fraction of sp³-hybridized carbons (Fsp3) is 0.286. The number of carbonyl (C=O) groups is 1. The van der Waals surface area contributed by atoms with Crippen molar-refractivity contribution in [3.8, 4) is 11.1 Å². The smallest absolute Gasteiger partial charge is 0.416 e. The molecule has 2 N–H and O–H groups in total. The highest BCUT2D eigenvalue weighted by atomic mass is 19.4. The van der Waals surface area contributed by atoms with E-state index in [0.29, 0.717) is 16.6 Å². The number of hydrogen-bond donors (Lipinski definition) is 2. The third-order valence-corrected chi connectivity index (χ3v) is 5.44. The van der Waals surface area contributed by atoms with Crippen LogP contribution in [0.5, 0.6) is 0 Å². The Morgan fingerprint density at radius 2 is 1.65 bits per heavy atom. The molecule has 1 fully saturated rings. The molecule has 1 aliphatic heterocycles. The van der Waals surface area contributed by atoms with Crippen molar-refractivity contribution in [2.24, 2.45) is 5.92 Å². The van der Waals surface area contributed by atoms with E-state index in [2.05, 4.69) is 4.98 Å². The lowest BCUT2D eigenvalue weighted by Crippen LogP contribution is -2.50. The van der Waals surface area contributed by atoms with Crippen molar-refractivity contribution < 1.29 is 36.2 Å². The van der Waals surface area contributed by atoms with E-state index in [1.807, 2.05) is 0 Å². The van der Waals surface area contributed by atoms with Crippen LogP contribution in [0.1, 0.15) is 16.8 Å². The van der Waals surface area contributed by atoms with Gasteiger partial charge in [0.2, 0.25) is 0 Å². The van der Waals surface area contributed by atoms with Crippen molar-refractivity contribution >= 4 is 22.6 Å². The molecule has 0 spiro atoms. The zero-order valence-electron chi connectivity index (χ0n) is 16.0. The molecule has 0 aliphatic carbocycles. The molecule has 3 aromatic rings. The van der Waals surface area contributed by atoms with Crippen molar-refractivity contribution in [3.05, 3.63) is 53.2 Å².